The molecular weight excluding hydrogens is 124 g/mol. The molecule has 1 aromatic heterocycles. The largest absolute Gasteiger partial charge is 0.159 e. The summed E-state index contributed by atoms with van der Waals surface area (Å²) in [5, 5.41) is 7.23. The lowest BCUT2D eigenvalue weighted by molar-refractivity contribution is 1.01. The van der Waals surface area contributed by atoms with Crippen molar-refractivity contribution < 1.29 is 1.37 Å². The fourth-order valence-corrected chi connectivity index (χ4v) is 0.357. The first-order valence-electron chi connectivity index (χ1n) is 4.13. The molecule has 1 heterocycles. The first-order chi connectivity index (χ1) is 5.39. The third kappa shape index (κ3) is 5.22. The second-order valence-corrected chi connectivity index (χ2v) is 1.42. The van der Waals surface area contributed by atoms with Crippen LogP contribution in [0.5, 0.6) is 0 Å². The van der Waals surface area contributed by atoms with Crippen molar-refractivity contribution in [2.45, 2.75) is 28.2 Å². The van der Waals surface area contributed by atoms with Gasteiger partial charge in [0.05, 0.1) is 6.20 Å². The van der Waals surface area contributed by atoms with E-state index < -0.39 is 0 Å². The van der Waals surface area contributed by atoms with Gasteiger partial charge in [0.25, 0.3) is 0 Å². The average molecular weight is 141 g/mol. The molecule has 0 saturated carbocycles. The number of nitrogens with zero attached hydrogens (tertiary/aromatic N) is 2. The third-order valence-corrected chi connectivity index (χ3v) is 0.732. The molecule has 0 amide bonds. The lowest BCUT2D eigenvalue weighted by atomic mass is 10.4. The third-order valence-electron chi connectivity index (χ3n) is 0.732. The summed E-state index contributed by atoms with van der Waals surface area (Å²) in [4.78, 5) is 0. The van der Waals surface area contributed by atoms with E-state index in [0.717, 1.165) is 5.56 Å². The fraction of sp³-hybridized carbons (Fsp3) is 0.500. The topological polar surface area (TPSA) is 25.8 Å². The van der Waals surface area contributed by atoms with Gasteiger partial charge in [-0.1, -0.05) is 21.3 Å². The van der Waals surface area contributed by atoms with Gasteiger partial charge < -0.3 is 0 Å². The van der Waals surface area contributed by atoms with Gasteiger partial charge in [-0.3, -0.25) is 0 Å². The summed E-state index contributed by atoms with van der Waals surface area (Å²) < 4.78 is 5.75. The molecule has 0 unspecified atom stereocenters. The van der Waals surface area contributed by atoms with Gasteiger partial charge in [-0.15, -0.1) is 0 Å². The van der Waals surface area contributed by atoms with E-state index in [-0.39, 0.29) is 0 Å². The second-order valence-electron chi connectivity index (χ2n) is 1.42. The Morgan fingerprint density at radius 2 is 2.00 bits per heavy atom. The zero-order chi connectivity index (χ0) is 9.11. The lowest BCUT2D eigenvalue weighted by Gasteiger charge is -1.80. The van der Waals surface area contributed by atoms with Gasteiger partial charge in [0.15, 0.2) is 0 Å². The maximum absolute atomic E-state index is 5.75. The van der Waals surface area contributed by atoms with E-state index >= 15 is 0 Å². The molecule has 0 fully saturated rings. The lowest BCUT2D eigenvalue weighted by Crippen LogP contribution is -1.76. The number of rotatable bonds is 0. The maximum Gasteiger partial charge on any atom is 0.0525 e. The van der Waals surface area contributed by atoms with Crippen molar-refractivity contribution in [3.05, 3.63) is 24.0 Å². The summed E-state index contributed by atoms with van der Waals surface area (Å²) in [6, 6.07) is 1.91. The van der Waals surface area contributed by atoms with Crippen LogP contribution in [0.3, 0.4) is 0 Å². The Balaban J connectivity index is 0. The molecule has 0 aliphatic heterocycles. The van der Waals surface area contributed by atoms with Crippen LogP contribution in [0.15, 0.2) is 18.5 Å². The highest BCUT2D eigenvalue weighted by atomic mass is 15.1. The standard InChI is InChI=1S/C5H6N2.C2H6.CH4/c1-5-2-3-6-7-4-5;1-2;/h2-4H,1H3;1-2H3;1H4/i;;1D. The molecule has 0 bridgehead atoms. The molecule has 2 heteroatoms. The van der Waals surface area contributed by atoms with Crippen molar-refractivity contribution in [2.75, 3.05) is 0 Å². The van der Waals surface area contributed by atoms with Crippen LogP contribution < -0.4 is 0 Å². The normalized spacial score (nSPS) is 7.40. The molecule has 0 radical (unpaired) electrons. The Labute approximate surface area is 64.7 Å². The van der Waals surface area contributed by atoms with Crippen LogP contribution in [0.25, 0.3) is 0 Å². The Bertz CT molecular complexity index is 142. The van der Waals surface area contributed by atoms with Crippen molar-refractivity contribution in [3.63, 3.8) is 0 Å². The fourth-order valence-electron chi connectivity index (χ4n) is 0.357. The molecule has 0 N–H and O–H groups in total. The van der Waals surface area contributed by atoms with Crippen LogP contribution in [0.1, 0.15) is 28.2 Å². The minimum Gasteiger partial charge on any atom is -0.159 e. The van der Waals surface area contributed by atoms with Crippen LogP contribution in [-0.2, 0) is 0 Å². The summed E-state index contributed by atoms with van der Waals surface area (Å²) in [5.41, 5.74) is 1.15. The van der Waals surface area contributed by atoms with Crippen molar-refractivity contribution >= 4 is 0 Å². The number of hydrogen-bond acceptors (Lipinski definition) is 2. The van der Waals surface area contributed by atoms with E-state index in [1.165, 1.54) is 7.40 Å². The van der Waals surface area contributed by atoms with Crippen molar-refractivity contribution in [3.8, 4) is 0 Å². The van der Waals surface area contributed by atoms with E-state index in [0.29, 0.717) is 0 Å². The minimum absolute atomic E-state index is 1.15. The predicted molar refractivity (Wildman–Crippen MR) is 44.8 cm³/mol. The highest BCUT2D eigenvalue weighted by molar-refractivity contribution is 5.00. The smallest absolute Gasteiger partial charge is 0.0525 e. The van der Waals surface area contributed by atoms with Gasteiger partial charge >= 0.3 is 0 Å². The Kier molecular flexibility index (Phi) is 7.34. The van der Waals surface area contributed by atoms with E-state index in [1.807, 2.05) is 26.8 Å². The zero-order valence-electron chi connectivity index (χ0n) is 8.13. The molecule has 0 aliphatic rings. The minimum atomic E-state index is 1.15. The molecule has 2 nitrogen and oxygen atoms in total. The number of hydrogen-bond donors (Lipinski definition) is 0. The van der Waals surface area contributed by atoms with Gasteiger partial charge in [0.1, 0.15) is 0 Å². The first-order valence-corrected chi connectivity index (χ1v) is 3.13. The van der Waals surface area contributed by atoms with Crippen molar-refractivity contribution in [2.24, 2.45) is 0 Å². The second kappa shape index (κ2) is 8.08. The highest BCUT2D eigenvalue weighted by Gasteiger charge is 1.74. The molecule has 1 rings (SSSR count). The van der Waals surface area contributed by atoms with Crippen molar-refractivity contribution in [1.29, 1.82) is 0 Å². The van der Waals surface area contributed by atoms with Crippen LogP contribution in [0.4, 0.5) is 0 Å². The Hall–Kier alpha value is -0.920. The van der Waals surface area contributed by atoms with Crippen molar-refractivity contribution in [1.82, 2.24) is 10.2 Å². The number of aromatic nitrogens is 2. The quantitative estimate of drug-likeness (QED) is 0.554. The average Bonchev–Trinajstić information content (AvgIpc) is 2.13. The van der Waals surface area contributed by atoms with Gasteiger partial charge in [0.2, 0.25) is 0 Å². The molecule has 0 atom stereocenters. The van der Waals surface area contributed by atoms with Crippen LogP contribution in [-0.4, -0.2) is 10.2 Å². The zero-order valence-corrected chi connectivity index (χ0v) is 7.13. The summed E-state index contributed by atoms with van der Waals surface area (Å²) in [5.74, 6) is 0. The summed E-state index contributed by atoms with van der Waals surface area (Å²) >= 11 is 0. The predicted octanol–water partition coefficient (Wildman–Crippen LogP) is 2.45. The van der Waals surface area contributed by atoms with Crippen LogP contribution >= 0.6 is 0 Å². The molecule has 58 valence electrons. The monoisotopic (exact) mass is 141 g/mol. The molecule has 1 aromatic rings. The summed E-state index contributed by atoms with van der Waals surface area (Å²) in [6.45, 7) is 5.98. The van der Waals surface area contributed by atoms with E-state index in [9.17, 15) is 0 Å². The molecular formula is C8H16N2. The van der Waals surface area contributed by atoms with E-state index in [1.54, 1.807) is 12.4 Å². The molecule has 0 aromatic carbocycles. The maximum atomic E-state index is 5.75. The molecule has 0 aliphatic carbocycles. The van der Waals surface area contributed by atoms with Gasteiger partial charge in [0, 0.05) is 7.57 Å². The van der Waals surface area contributed by atoms with Crippen LogP contribution in [0.2, 0.25) is 0 Å². The highest BCUT2D eigenvalue weighted by Crippen LogP contribution is 1.85. The Morgan fingerprint density at radius 3 is 2.20 bits per heavy atom. The SMILES string of the molecule is CC.Cc1ccnnc1.[2H]C. The number of aryl methyl sites for hydroxylation is 1. The molecule has 10 heavy (non-hydrogen) atoms. The van der Waals surface area contributed by atoms with Gasteiger partial charge in [-0.05, 0) is 18.6 Å². The summed E-state index contributed by atoms with van der Waals surface area (Å²) in [6.07, 6.45) is 3.40. The van der Waals surface area contributed by atoms with Gasteiger partial charge in [-0.25, -0.2) is 0 Å². The van der Waals surface area contributed by atoms with E-state index in [2.05, 4.69) is 10.2 Å². The first kappa shape index (κ1) is 9.08. The van der Waals surface area contributed by atoms with Gasteiger partial charge in [-0.2, -0.15) is 10.2 Å². The summed E-state index contributed by atoms with van der Waals surface area (Å²) in [7, 11) is 1.25. The molecule has 0 spiro atoms. The van der Waals surface area contributed by atoms with Crippen LogP contribution in [0, 0.1) is 6.92 Å². The Morgan fingerprint density at radius 1 is 1.40 bits per heavy atom. The molecule has 0 saturated heterocycles. The van der Waals surface area contributed by atoms with E-state index in [4.69, 9.17) is 1.37 Å².